The summed E-state index contributed by atoms with van der Waals surface area (Å²) in [4.78, 5) is 25.0. The molecule has 0 unspecified atom stereocenters. The Labute approximate surface area is 224 Å². The molecule has 0 saturated carbocycles. The number of ketones is 1. The number of benzene rings is 2. The quantitative estimate of drug-likeness (QED) is 0.188. The van der Waals surface area contributed by atoms with Gasteiger partial charge in [0.15, 0.2) is 17.3 Å². The van der Waals surface area contributed by atoms with Crippen molar-refractivity contribution >= 4 is 45.6 Å². The van der Waals surface area contributed by atoms with E-state index in [9.17, 15) is 4.79 Å². The van der Waals surface area contributed by atoms with Crippen LogP contribution < -0.4 is 19.9 Å². The maximum atomic E-state index is 13.0. The van der Waals surface area contributed by atoms with Crippen LogP contribution in [-0.2, 0) is 6.54 Å². The Bertz CT molecular complexity index is 1710. The zero-order valence-electron chi connectivity index (χ0n) is 21.3. The fourth-order valence-corrected chi connectivity index (χ4v) is 4.75. The van der Waals surface area contributed by atoms with E-state index in [1.807, 2.05) is 36.4 Å². The molecule has 5 rings (SSSR count). The summed E-state index contributed by atoms with van der Waals surface area (Å²) in [6, 6.07) is 15.2. The molecule has 0 amide bonds. The molecule has 10 heteroatoms. The first kappa shape index (κ1) is 25.2. The van der Waals surface area contributed by atoms with Crippen LogP contribution in [0, 0.1) is 4.77 Å². The van der Waals surface area contributed by atoms with Crippen LogP contribution in [0.25, 0.3) is 32.9 Å². The highest BCUT2D eigenvalue weighted by atomic mass is 32.1. The van der Waals surface area contributed by atoms with Crippen LogP contribution in [0.2, 0.25) is 0 Å². The number of rotatable bonds is 9. The first-order chi connectivity index (χ1) is 18.4. The molecule has 9 nitrogen and oxygen atoms in total. The molecule has 3 aromatic heterocycles. The number of H-pyrrole nitrogens is 1. The van der Waals surface area contributed by atoms with E-state index in [4.69, 9.17) is 32.2 Å². The maximum absolute atomic E-state index is 13.0. The number of carbonyl (C=O) groups excluding carboxylic acids is 1. The monoisotopic (exact) mass is 529 g/mol. The van der Waals surface area contributed by atoms with Gasteiger partial charge in [-0.05, 0) is 54.5 Å². The average Bonchev–Trinajstić information content (AvgIpc) is 3.38. The molecule has 0 aliphatic rings. The number of pyridine rings is 1. The van der Waals surface area contributed by atoms with Crippen LogP contribution in [0.15, 0.2) is 54.7 Å². The van der Waals surface area contributed by atoms with Crippen molar-refractivity contribution in [3.05, 3.63) is 65.2 Å². The van der Waals surface area contributed by atoms with Crippen molar-refractivity contribution in [2.75, 3.05) is 27.1 Å². The lowest BCUT2D eigenvalue weighted by Gasteiger charge is -2.15. The Kier molecular flexibility index (Phi) is 6.97. The summed E-state index contributed by atoms with van der Waals surface area (Å²) in [6.45, 7) is 0.461. The topological polar surface area (TPSA) is 117 Å². The molecule has 0 atom stereocenters. The Balaban J connectivity index is 1.31. The first-order valence-electron chi connectivity index (χ1n) is 12.0. The van der Waals surface area contributed by atoms with E-state index in [2.05, 4.69) is 15.0 Å². The van der Waals surface area contributed by atoms with Gasteiger partial charge in [-0.25, -0.2) is 9.97 Å². The Hall–Kier alpha value is -4.44. The highest BCUT2D eigenvalue weighted by Gasteiger charge is 2.14. The fraction of sp³-hybridized carbons (Fsp3) is 0.214. The number of aromatic amines is 1. The standard InChI is InChI=1S/C28H27N5O4S/c1-35-24-13-19-21(14-25(24)36-2)32-28(38)33(27(19)29)10-4-5-23(34)22-12-18-11-16(6-8-20(18)31-22)17-7-9-26(37-3)30-15-17/h6-9,11-15,31H,4-5,10,29H2,1-3H3. The summed E-state index contributed by atoms with van der Waals surface area (Å²) in [5.41, 5.74) is 10.5. The Morgan fingerprint density at radius 1 is 1.00 bits per heavy atom. The van der Waals surface area contributed by atoms with Gasteiger partial charge in [0.05, 0.1) is 32.5 Å². The smallest absolute Gasteiger partial charge is 0.212 e. The van der Waals surface area contributed by atoms with Gasteiger partial charge in [-0.1, -0.05) is 6.07 Å². The number of aromatic nitrogens is 4. The minimum Gasteiger partial charge on any atom is -0.493 e. The summed E-state index contributed by atoms with van der Waals surface area (Å²) in [5.74, 6) is 2.15. The van der Waals surface area contributed by atoms with Crippen molar-refractivity contribution < 1.29 is 19.0 Å². The van der Waals surface area contributed by atoms with Gasteiger partial charge >= 0.3 is 0 Å². The van der Waals surface area contributed by atoms with Gasteiger partial charge in [-0.2, -0.15) is 0 Å². The predicted molar refractivity (Wildman–Crippen MR) is 150 cm³/mol. The van der Waals surface area contributed by atoms with Crippen molar-refractivity contribution in [2.24, 2.45) is 0 Å². The van der Waals surface area contributed by atoms with E-state index >= 15 is 0 Å². The van der Waals surface area contributed by atoms with Gasteiger partial charge in [0.1, 0.15) is 5.82 Å². The number of hydrogen-bond acceptors (Lipinski definition) is 8. The number of hydrogen-bond donors (Lipinski definition) is 2. The molecular formula is C28H27N5O4S. The van der Waals surface area contributed by atoms with Gasteiger partial charge in [-0.15, -0.1) is 0 Å². The average molecular weight is 530 g/mol. The van der Waals surface area contributed by atoms with E-state index < -0.39 is 0 Å². The number of nitrogen functional groups attached to an aromatic ring is 1. The Morgan fingerprint density at radius 2 is 1.76 bits per heavy atom. The molecule has 3 N–H and O–H groups in total. The normalized spacial score (nSPS) is 11.1. The lowest BCUT2D eigenvalue weighted by atomic mass is 10.1. The highest BCUT2D eigenvalue weighted by molar-refractivity contribution is 7.71. The second kappa shape index (κ2) is 10.5. The SMILES string of the molecule is COc1ccc(-c2ccc3[nH]c(C(=O)CCCn4c(N)c5cc(OC)c(OC)cc5nc4=S)cc3c2)cn1. The Morgan fingerprint density at radius 3 is 2.47 bits per heavy atom. The van der Waals surface area contributed by atoms with Crippen LogP contribution in [0.5, 0.6) is 17.4 Å². The molecule has 38 heavy (non-hydrogen) atoms. The molecule has 0 fully saturated rings. The van der Waals surface area contributed by atoms with Crippen LogP contribution in [0.4, 0.5) is 5.82 Å². The fourth-order valence-electron chi connectivity index (χ4n) is 4.46. The number of Topliss-reactive ketones (excluding diaryl/α,β-unsaturated/α-hetero) is 1. The molecule has 0 saturated heterocycles. The lowest BCUT2D eigenvalue weighted by Crippen LogP contribution is -2.11. The number of fused-ring (bicyclic) bond motifs is 2. The number of nitrogens with two attached hydrogens (primary N) is 1. The van der Waals surface area contributed by atoms with E-state index in [0.29, 0.717) is 64.0 Å². The van der Waals surface area contributed by atoms with Crippen LogP contribution in [0.1, 0.15) is 23.3 Å². The van der Waals surface area contributed by atoms with Crippen molar-refractivity contribution in [2.45, 2.75) is 19.4 Å². The first-order valence-corrected chi connectivity index (χ1v) is 12.4. The predicted octanol–water partition coefficient (Wildman–Crippen LogP) is 5.58. The van der Waals surface area contributed by atoms with Crippen molar-refractivity contribution in [3.63, 3.8) is 0 Å². The van der Waals surface area contributed by atoms with Gasteiger partial charge in [0, 0.05) is 53.1 Å². The van der Waals surface area contributed by atoms with Gasteiger partial charge in [-0.3, -0.25) is 4.79 Å². The molecular weight excluding hydrogens is 502 g/mol. The summed E-state index contributed by atoms with van der Waals surface area (Å²) < 4.78 is 18.0. The number of anilines is 1. The molecule has 2 aromatic carbocycles. The number of ether oxygens (including phenoxy) is 3. The molecule has 0 radical (unpaired) electrons. The summed E-state index contributed by atoms with van der Waals surface area (Å²) in [7, 11) is 4.71. The molecule has 0 spiro atoms. The summed E-state index contributed by atoms with van der Waals surface area (Å²) in [6.07, 6.45) is 2.65. The number of carbonyl (C=O) groups is 1. The molecule has 0 aliphatic carbocycles. The zero-order chi connectivity index (χ0) is 26.8. The second-order valence-electron chi connectivity index (χ2n) is 8.76. The van der Waals surface area contributed by atoms with E-state index in [1.165, 1.54) is 0 Å². The molecule has 3 heterocycles. The van der Waals surface area contributed by atoms with Crippen LogP contribution in [0.3, 0.4) is 0 Å². The minimum atomic E-state index is 0.0131. The third-order valence-corrected chi connectivity index (χ3v) is 6.81. The third kappa shape index (κ3) is 4.78. The van der Waals surface area contributed by atoms with E-state index in [0.717, 1.165) is 22.0 Å². The van der Waals surface area contributed by atoms with Gasteiger partial charge in [0.25, 0.3) is 0 Å². The van der Waals surface area contributed by atoms with Crippen molar-refractivity contribution in [3.8, 4) is 28.5 Å². The summed E-state index contributed by atoms with van der Waals surface area (Å²) in [5, 5.41) is 1.66. The number of nitrogens with zero attached hydrogens (tertiary/aromatic N) is 3. The van der Waals surface area contributed by atoms with E-state index in [-0.39, 0.29) is 5.78 Å². The molecule has 0 aliphatic heterocycles. The van der Waals surface area contributed by atoms with Crippen LogP contribution in [-0.4, -0.2) is 46.6 Å². The zero-order valence-corrected chi connectivity index (χ0v) is 22.1. The largest absolute Gasteiger partial charge is 0.493 e. The molecule has 5 aromatic rings. The maximum Gasteiger partial charge on any atom is 0.212 e. The minimum absolute atomic E-state index is 0.0131. The third-order valence-electron chi connectivity index (χ3n) is 6.50. The molecule has 194 valence electrons. The number of nitrogens with one attached hydrogen (secondary N) is 1. The molecule has 0 bridgehead atoms. The van der Waals surface area contributed by atoms with Gasteiger partial charge < -0.3 is 29.5 Å². The lowest BCUT2D eigenvalue weighted by molar-refractivity contribution is 0.0974. The number of methoxy groups -OCH3 is 3. The highest BCUT2D eigenvalue weighted by Crippen LogP contribution is 2.34. The van der Waals surface area contributed by atoms with E-state index in [1.54, 1.807) is 44.2 Å². The van der Waals surface area contributed by atoms with Crippen molar-refractivity contribution in [1.82, 2.24) is 19.5 Å². The van der Waals surface area contributed by atoms with Gasteiger partial charge in [0.2, 0.25) is 10.7 Å². The van der Waals surface area contributed by atoms with Crippen LogP contribution >= 0.6 is 12.2 Å². The summed E-state index contributed by atoms with van der Waals surface area (Å²) >= 11 is 5.49. The van der Waals surface area contributed by atoms with Crippen molar-refractivity contribution in [1.29, 1.82) is 0 Å². The second-order valence-corrected chi connectivity index (χ2v) is 9.12.